The predicted molar refractivity (Wildman–Crippen MR) is 333 cm³/mol. The van der Waals surface area contributed by atoms with E-state index in [1.807, 2.05) is 12.1 Å². The van der Waals surface area contributed by atoms with Crippen molar-refractivity contribution in [2.75, 3.05) is 0 Å². The van der Waals surface area contributed by atoms with Crippen molar-refractivity contribution in [1.29, 1.82) is 10.5 Å². The minimum Gasteiger partial charge on any atom is -0.308 e. The van der Waals surface area contributed by atoms with Gasteiger partial charge in [-0.05, 0) is 263 Å². The van der Waals surface area contributed by atoms with Gasteiger partial charge < -0.3 is 9.13 Å². The summed E-state index contributed by atoms with van der Waals surface area (Å²) in [5.41, 5.74) is 34.6. The third kappa shape index (κ3) is 8.34. The zero-order valence-electron chi connectivity index (χ0n) is 47.7. The van der Waals surface area contributed by atoms with E-state index in [9.17, 15) is 10.5 Å². The van der Waals surface area contributed by atoms with Crippen LogP contribution < -0.4 is 0 Å². The molecule has 384 valence electrons. The van der Waals surface area contributed by atoms with E-state index >= 15 is 0 Å². The highest BCUT2D eigenvalue weighted by Crippen LogP contribution is 2.47. The first-order valence-electron chi connectivity index (χ1n) is 27.5. The second-order valence-electron chi connectivity index (χ2n) is 22.8. The van der Waals surface area contributed by atoms with E-state index in [4.69, 9.17) is 0 Å². The Kier molecular flexibility index (Phi) is 12.2. The smallest absolute Gasteiger partial charge is 0.0993 e. The van der Waals surface area contributed by atoms with Crippen LogP contribution in [0, 0.1) is 113 Å². The fourth-order valence-corrected chi connectivity index (χ4v) is 14.0. The van der Waals surface area contributed by atoms with Crippen LogP contribution in [-0.4, -0.2) is 9.13 Å². The number of aryl methyl sites for hydroxylation is 13. The van der Waals surface area contributed by atoms with Crippen molar-refractivity contribution in [3.8, 4) is 79.1 Å². The van der Waals surface area contributed by atoms with E-state index in [0.29, 0.717) is 11.1 Å². The number of hydrogen-bond acceptors (Lipinski definition) is 2. The molecule has 0 aliphatic carbocycles. The molecule has 2 aromatic heterocycles. The van der Waals surface area contributed by atoms with Crippen molar-refractivity contribution >= 4 is 43.6 Å². The topological polar surface area (TPSA) is 57.4 Å². The van der Waals surface area contributed by atoms with Gasteiger partial charge >= 0.3 is 0 Å². The maximum absolute atomic E-state index is 11.3. The summed E-state index contributed by atoms with van der Waals surface area (Å²) >= 11 is 0. The Morgan fingerprint density at radius 3 is 0.797 bits per heavy atom. The standard InChI is InChI=1S/C75H64N4/c1-41-24-46(6)71(47(7)25-41)56-15-20-65-61(35-56)62-36-57(72-48(8)26-42(2)27-49(72)9)16-21-66(62)78(65)69-33-55(40-77)34-70(75(69)60-19-14-54(39-76)32-45(60)5)79-67-22-17-58(73-50(10)28-43(3)29-51(73)11)37-63(67)64-38-59(18-23-68(64)79)74-52(12)30-44(4)31-53(74)13/h14-38H,1-13H3. The number of nitriles is 2. The van der Waals surface area contributed by atoms with Crippen molar-refractivity contribution in [2.45, 2.75) is 90.0 Å². The number of hydrogen-bond donors (Lipinski definition) is 0. The highest BCUT2D eigenvalue weighted by atomic mass is 15.0. The van der Waals surface area contributed by atoms with Gasteiger partial charge in [-0.15, -0.1) is 0 Å². The molecule has 10 aromatic carbocycles. The Morgan fingerprint density at radius 2 is 0.544 bits per heavy atom. The van der Waals surface area contributed by atoms with E-state index < -0.39 is 0 Å². The second-order valence-corrected chi connectivity index (χ2v) is 22.8. The predicted octanol–water partition coefficient (Wildman–Crippen LogP) is 20.0. The first-order valence-corrected chi connectivity index (χ1v) is 27.5. The van der Waals surface area contributed by atoms with E-state index in [0.717, 1.165) is 71.7 Å². The maximum Gasteiger partial charge on any atom is 0.0993 e. The Bertz CT molecular complexity index is 4120. The number of nitrogens with zero attached hydrogens (tertiary/aromatic N) is 4. The summed E-state index contributed by atoms with van der Waals surface area (Å²) in [6, 6.07) is 61.3. The Balaban J connectivity index is 1.23. The molecule has 0 radical (unpaired) electrons. The van der Waals surface area contributed by atoms with Crippen LogP contribution in [0.25, 0.3) is 111 Å². The molecule has 0 saturated heterocycles. The second kappa shape index (κ2) is 19.1. The molecule has 0 N–H and O–H groups in total. The van der Waals surface area contributed by atoms with Crippen molar-refractivity contribution in [2.24, 2.45) is 0 Å². The van der Waals surface area contributed by atoms with E-state index in [1.54, 1.807) is 0 Å². The number of rotatable bonds is 7. The molecule has 12 aromatic rings. The minimum absolute atomic E-state index is 0.542. The Hall–Kier alpha value is -9.22. The molecule has 0 aliphatic rings. The number of aromatic nitrogens is 2. The van der Waals surface area contributed by atoms with Crippen LogP contribution >= 0.6 is 0 Å². The average molecular weight is 1020 g/mol. The quantitative estimate of drug-likeness (QED) is 0.160. The van der Waals surface area contributed by atoms with Crippen LogP contribution in [0.5, 0.6) is 0 Å². The minimum atomic E-state index is 0.542. The van der Waals surface area contributed by atoms with Gasteiger partial charge in [0.05, 0.1) is 56.7 Å². The van der Waals surface area contributed by atoms with Crippen LogP contribution in [0.1, 0.15) is 83.5 Å². The highest BCUT2D eigenvalue weighted by molar-refractivity contribution is 6.15. The summed E-state index contributed by atoms with van der Waals surface area (Å²) in [5, 5.41) is 26.2. The van der Waals surface area contributed by atoms with Crippen LogP contribution in [0.3, 0.4) is 0 Å². The lowest BCUT2D eigenvalue weighted by molar-refractivity contribution is 1.13. The number of fused-ring (bicyclic) bond motifs is 6. The Morgan fingerprint density at radius 1 is 0.266 bits per heavy atom. The molecule has 79 heavy (non-hydrogen) atoms. The van der Waals surface area contributed by atoms with Gasteiger partial charge in [0.2, 0.25) is 0 Å². The first-order chi connectivity index (χ1) is 37.9. The lowest BCUT2D eigenvalue weighted by atomic mass is 9.91. The summed E-state index contributed by atoms with van der Waals surface area (Å²) in [7, 11) is 0. The third-order valence-corrected chi connectivity index (χ3v) is 16.7. The fourth-order valence-electron chi connectivity index (χ4n) is 14.0. The van der Waals surface area contributed by atoms with Crippen molar-refractivity contribution in [3.63, 3.8) is 0 Å². The molecule has 2 heterocycles. The summed E-state index contributed by atoms with van der Waals surface area (Å²) in [6.45, 7) is 28.5. The number of benzene rings is 10. The Labute approximate surface area is 465 Å². The van der Waals surface area contributed by atoms with Gasteiger partial charge in [-0.2, -0.15) is 10.5 Å². The average Bonchev–Trinajstić information content (AvgIpc) is 3.84. The molecule has 0 unspecified atom stereocenters. The first kappa shape index (κ1) is 50.6. The van der Waals surface area contributed by atoms with Crippen LogP contribution in [-0.2, 0) is 0 Å². The van der Waals surface area contributed by atoms with Crippen molar-refractivity contribution in [1.82, 2.24) is 9.13 Å². The summed E-state index contributed by atoms with van der Waals surface area (Å²) in [5.74, 6) is 0. The molecular formula is C75H64N4. The van der Waals surface area contributed by atoms with Crippen LogP contribution in [0.15, 0.2) is 152 Å². The molecule has 0 fully saturated rings. The van der Waals surface area contributed by atoms with Gasteiger partial charge in [0.15, 0.2) is 0 Å². The molecule has 0 bridgehead atoms. The van der Waals surface area contributed by atoms with Gasteiger partial charge in [0, 0.05) is 27.1 Å². The third-order valence-electron chi connectivity index (χ3n) is 16.7. The van der Waals surface area contributed by atoms with Gasteiger partial charge in [-0.1, -0.05) is 101 Å². The van der Waals surface area contributed by atoms with Gasteiger partial charge in [-0.25, -0.2) is 0 Å². The molecule has 12 rings (SSSR count). The molecule has 4 nitrogen and oxygen atoms in total. The zero-order chi connectivity index (χ0) is 55.5. The SMILES string of the molecule is Cc1cc(C)c(-c2ccc3c(c2)c2cc(-c4c(C)cc(C)cc4C)ccc2n3-c2cc(C#N)cc(-n3c4ccc(-c5c(C)cc(C)cc5C)cc4c4cc(-c5c(C)cc(C)cc5C)ccc43)c2-c2ccc(C#N)cc2C)c(C)c1. The summed E-state index contributed by atoms with van der Waals surface area (Å²) in [4.78, 5) is 0. The molecular weight excluding hydrogens is 957 g/mol. The van der Waals surface area contributed by atoms with Crippen molar-refractivity contribution in [3.05, 3.63) is 235 Å². The van der Waals surface area contributed by atoms with E-state index in [1.165, 1.54) is 111 Å². The van der Waals surface area contributed by atoms with Crippen LogP contribution in [0.4, 0.5) is 0 Å². The van der Waals surface area contributed by atoms with E-state index in [-0.39, 0.29) is 0 Å². The summed E-state index contributed by atoms with van der Waals surface area (Å²) < 4.78 is 4.80. The van der Waals surface area contributed by atoms with Gasteiger partial charge in [0.1, 0.15) is 0 Å². The van der Waals surface area contributed by atoms with E-state index in [2.05, 4.69) is 251 Å². The van der Waals surface area contributed by atoms with Crippen molar-refractivity contribution < 1.29 is 0 Å². The lowest BCUT2D eigenvalue weighted by Crippen LogP contribution is -2.06. The molecule has 0 spiro atoms. The monoisotopic (exact) mass is 1020 g/mol. The van der Waals surface area contributed by atoms with Crippen LogP contribution in [0.2, 0.25) is 0 Å². The fraction of sp³-hybridized carbons (Fsp3) is 0.173. The van der Waals surface area contributed by atoms with Gasteiger partial charge in [-0.3, -0.25) is 0 Å². The summed E-state index contributed by atoms with van der Waals surface area (Å²) in [6.07, 6.45) is 0. The lowest BCUT2D eigenvalue weighted by Gasteiger charge is -2.22. The largest absolute Gasteiger partial charge is 0.308 e. The highest BCUT2D eigenvalue weighted by Gasteiger charge is 2.26. The zero-order valence-corrected chi connectivity index (χ0v) is 47.7. The maximum atomic E-state index is 11.3. The molecule has 0 amide bonds. The molecule has 0 saturated carbocycles. The molecule has 0 aliphatic heterocycles. The van der Waals surface area contributed by atoms with Gasteiger partial charge in [0.25, 0.3) is 0 Å². The molecule has 0 atom stereocenters. The molecule has 4 heteroatoms. The normalized spacial score (nSPS) is 11.6.